The van der Waals surface area contributed by atoms with E-state index in [0.717, 1.165) is 11.6 Å². The summed E-state index contributed by atoms with van der Waals surface area (Å²) in [6.45, 7) is 2.30. The Labute approximate surface area is 120 Å². The van der Waals surface area contributed by atoms with Crippen molar-refractivity contribution in [2.45, 2.75) is 51.5 Å². The Balaban J connectivity index is 1.94. The van der Waals surface area contributed by atoms with Crippen LogP contribution in [0.3, 0.4) is 0 Å². The second-order valence-corrected chi connectivity index (χ2v) is 6.07. The van der Waals surface area contributed by atoms with Crippen LogP contribution in [0.5, 0.6) is 0 Å². The lowest BCUT2D eigenvalue weighted by Gasteiger charge is -2.18. The Kier molecular flexibility index (Phi) is 5.20. The summed E-state index contributed by atoms with van der Waals surface area (Å²) in [6.07, 6.45) is 7.90. The zero-order chi connectivity index (χ0) is 13.0. The largest absolute Gasteiger partial charge is 0.382 e. The molecule has 1 aliphatic rings. The molecule has 2 rings (SSSR count). The van der Waals surface area contributed by atoms with E-state index in [0.29, 0.717) is 16.1 Å². The second-order valence-electron chi connectivity index (χ2n) is 5.25. The van der Waals surface area contributed by atoms with Crippen LogP contribution >= 0.6 is 23.2 Å². The number of nitrogens with one attached hydrogen (secondary N) is 1. The highest BCUT2D eigenvalue weighted by molar-refractivity contribution is 6.42. The van der Waals surface area contributed by atoms with E-state index in [1.165, 1.54) is 38.5 Å². The number of hydrogen-bond acceptors (Lipinski definition) is 1. The first-order chi connectivity index (χ1) is 8.69. The van der Waals surface area contributed by atoms with Crippen molar-refractivity contribution in [1.82, 2.24) is 0 Å². The van der Waals surface area contributed by atoms with Crippen LogP contribution in [0, 0.1) is 5.92 Å². The van der Waals surface area contributed by atoms with Crippen molar-refractivity contribution in [3.05, 3.63) is 28.2 Å². The molecular weight excluding hydrogens is 265 g/mol. The minimum Gasteiger partial charge on any atom is -0.382 e. The van der Waals surface area contributed by atoms with E-state index in [9.17, 15) is 0 Å². The molecule has 0 amide bonds. The normalized spacial score (nSPS) is 24.6. The number of rotatable bonds is 3. The smallest absolute Gasteiger partial charge is 0.0612 e. The number of halogens is 2. The van der Waals surface area contributed by atoms with Gasteiger partial charge in [-0.15, -0.1) is 0 Å². The molecule has 1 nitrogen and oxygen atoms in total. The highest BCUT2D eigenvalue weighted by atomic mass is 35.5. The van der Waals surface area contributed by atoms with Gasteiger partial charge in [-0.2, -0.15) is 0 Å². The van der Waals surface area contributed by atoms with Gasteiger partial charge in [0.1, 0.15) is 0 Å². The molecule has 1 saturated carbocycles. The lowest BCUT2D eigenvalue weighted by Crippen LogP contribution is -2.18. The predicted octanol–water partition coefficient (Wildman–Crippen LogP) is 5.76. The SMILES string of the molecule is CCC1CCCC(Nc2ccc(Cl)c(Cl)c2)CC1. The van der Waals surface area contributed by atoms with Gasteiger partial charge in [-0.25, -0.2) is 0 Å². The van der Waals surface area contributed by atoms with E-state index in [2.05, 4.69) is 12.2 Å². The minimum absolute atomic E-state index is 0.582. The molecule has 1 N–H and O–H groups in total. The highest BCUT2D eigenvalue weighted by Gasteiger charge is 2.17. The molecule has 0 aliphatic heterocycles. The molecule has 1 fully saturated rings. The van der Waals surface area contributed by atoms with Crippen LogP contribution in [-0.4, -0.2) is 6.04 Å². The molecule has 2 atom stereocenters. The van der Waals surface area contributed by atoms with E-state index in [1.807, 2.05) is 18.2 Å². The van der Waals surface area contributed by atoms with Gasteiger partial charge in [-0.05, 0) is 43.4 Å². The Hall–Kier alpha value is -0.400. The van der Waals surface area contributed by atoms with Crippen LogP contribution in [0.4, 0.5) is 5.69 Å². The van der Waals surface area contributed by atoms with Crippen LogP contribution < -0.4 is 5.32 Å². The minimum atomic E-state index is 0.582. The molecule has 3 heteroatoms. The zero-order valence-corrected chi connectivity index (χ0v) is 12.4. The van der Waals surface area contributed by atoms with Gasteiger partial charge in [-0.1, -0.05) is 49.4 Å². The van der Waals surface area contributed by atoms with Gasteiger partial charge in [0, 0.05) is 11.7 Å². The predicted molar refractivity (Wildman–Crippen MR) is 80.7 cm³/mol. The Morgan fingerprint density at radius 1 is 1.11 bits per heavy atom. The number of benzene rings is 1. The molecule has 0 radical (unpaired) electrons. The first kappa shape index (κ1) is 14.0. The molecular formula is C15H21Cl2N. The molecule has 1 aliphatic carbocycles. The first-order valence-electron chi connectivity index (χ1n) is 6.90. The van der Waals surface area contributed by atoms with Gasteiger partial charge >= 0.3 is 0 Å². The Morgan fingerprint density at radius 3 is 2.67 bits per heavy atom. The van der Waals surface area contributed by atoms with Gasteiger partial charge in [0.2, 0.25) is 0 Å². The summed E-state index contributed by atoms with van der Waals surface area (Å²) in [6, 6.07) is 6.37. The maximum absolute atomic E-state index is 6.04. The fraction of sp³-hybridized carbons (Fsp3) is 0.600. The lowest BCUT2D eigenvalue weighted by atomic mass is 9.98. The molecule has 0 aromatic heterocycles. The topological polar surface area (TPSA) is 12.0 Å². The maximum atomic E-state index is 6.04. The third-order valence-corrected chi connectivity index (χ3v) is 4.70. The van der Waals surface area contributed by atoms with Crippen molar-refractivity contribution in [3.63, 3.8) is 0 Å². The fourth-order valence-corrected chi connectivity index (χ4v) is 3.05. The van der Waals surface area contributed by atoms with Crippen molar-refractivity contribution in [2.24, 2.45) is 5.92 Å². The monoisotopic (exact) mass is 285 g/mol. The van der Waals surface area contributed by atoms with Gasteiger partial charge in [0.05, 0.1) is 10.0 Å². The van der Waals surface area contributed by atoms with Crippen LogP contribution in [-0.2, 0) is 0 Å². The summed E-state index contributed by atoms with van der Waals surface area (Å²) >= 11 is 12.0. The Morgan fingerprint density at radius 2 is 1.94 bits per heavy atom. The summed E-state index contributed by atoms with van der Waals surface area (Å²) in [5.74, 6) is 0.922. The van der Waals surface area contributed by atoms with Crippen LogP contribution in [0.15, 0.2) is 18.2 Å². The maximum Gasteiger partial charge on any atom is 0.0612 e. The van der Waals surface area contributed by atoms with Gasteiger partial charge in [0.25, 0.3) is 0 Å². The van der Waals surface area contributed by atoms with Gasteiger partial charge < -0.3 is 5.32 Å². The summed E-state index contributed by atoms with van der Waals surface area (Å²) in [5, 5.41) is 4.84. The quantitative estimate of drug-likeness (QED) is 0.696. The highest BCUT2D eigenvalue weighted by Crippen LogP contribution is 2.29. The lowest BCUT2D eigenvalue weighted by molar-refractivity contribution is 0.444. The van der Waals surface area contributed by atoms with Crippen LogP contribution in [0.2, 0.25) is 10.0 Å². The molecule has 18 heavy (non-hydrogen) atoms. The van der Waals surface area contributed by atoms with Crippen molar-refractivity contribution in [3.8, 4) is 0 Å². The molecule has 0 heterocycles. The second kappa shape index (κ2) is 6.68. The van der Waals surface area contributed by atoms with E-state index in [-0.39, 0.29) is 0 Å². The summed E-state index contributed by atoms with van der Waals surface area (Å²) < 4.78 is 0. The van der Waals surface area contributed by atoms with E-state index >= 15 is 0 Å². The molecule has 1 aromatic rings. The number of hydrogen-bond donors (Lipinski definition) is 1. The number of anilines is 1. The summed E-state index contributed by atoms with van der Waals surface area (Å²) in [4.78, 5) is 0. The molecule has 0 saturated heterocycles. The van der Waals surface area contributed by atoms with Crippen molar-refractivity contribution < 1.29 is 0 Å². The molecule has 2 unspecified atom stereocenters. The van der Waals surface area contributed by atoms with Gasteiger partial charge in [0.15, 0.2) is 0 Å². The van der Waals surface area contributed by atoms with E-state index in [1.54, 1.807) is 0 Å². The van der Waals surface area contributed by atoms with Gasteiger partial charge in [-0.3, -0.25) is 0 Å². The third kappa shape index (κ3) is 3.80. The molecule has 0 bridgehead atoms. The van der Waals surface area contributed by atoms with Crippen molar-refractivity contribution in [1.29, 1.82) is 0 Å². The average molecular weight is 286 g/mol. The zero-order valence-electron chi connectivity index (χ0n) is 10.9. The molecule has 0 spiro atoms. The van der Waals surface area contributed by atoms with E-state index < -0.39 is 0 Å². The standard InChI is InChI=1S/C15H21Cl2N/c1-2-11-4-3-5-12(7-6-11)18-13-8-9-14(16)15(17)10-13/h8-12,18H,2-7H2,1H3. The summed E-state index contributed by atoms with van der Waals surface area (Å²) in [7, 11) is 0. The van der Waals surface area contributed by atoms with E-state index in [4.69, 9.17) is 23.2 Å². The first-order valence-corrected chi connectivity index (χ1v) is 7.66. The fourth-order valence-electron chi connectivity index (χ4n) is 2.75. The summed E-state index contributed by atoms with van der Waals surface area (Å²) in [5.41, 5.74) is 1.09. The average Bonchev–Trinajstić information content (AvgIpc) is 2.59. The van der Waals surface area contributed by atoms with Crippen molar-refractivity contribution >= 4 is 28.9 Å². The van der Waals surface area contributed by atoms with Crippen molar-refractivity contribution in [2.75, 3.05) is 5.32 Å². The van der Waals surface area contributed by atoms with Crippen LogP contribution in [0.1, 0.15) is 45.4 Å². The Bertz CT molecular complexity index is 392. The third-order valence-electron chi connectivity index (χ3n) is 3.96. The molecule has 100 valence electrons. The van der Waals surface area contributed by atoms with Crippen LogP contribution in [0.25, 0.3) is 0 Å². The molecule has 1 aromatic carbocycles.